The molecule has 4 rings (SSSR count). The van der Waals surface area contributed by atoms with Crippen molar-refractivity contribution in [2.24, 2.45) is 29.1 Å². The molecule has 192 valence electrons. The molecule has 0 aromatic heterocycles. The Morgan fingerprint density at radius 3 is 2.74 bits per heavy atom. The first kappa shape index (κ1) is 26.1. The van der Waals surface area contributed by atoms with Gasteiger partial charge in [-0.25, -0.2) is 0 Å². The van der Waals surface area contributed by atoms with E-state index in [-0.39, 0.29) is 24.7 Å². The number of allylic oxidation sites excluding steroid dienone is 3. The smallest absolute Gasteiger partial charge is 0.0880 e. The summed E-state index contributed by atoms with van der Waals surface area (Å²) in [6, 6.07) is 0. The lowest BCUT2D eigenvalue weighted by atomic mass is 9.60. The van der Waals surface area contributed by atoms with Crippen molar-refractivity contribution >= 4 is 0 Å². The van der Waals surface area contributed by atoms with Crippen LogP contribution in [-0.4, -0.2) is 45.8 Å². The van der Waals surface area contributed by atoms with Gasteiger partial charge in [0.25, 0.3) is 0 Å². The molecule has 34 heavy (non-hydrogen) atoms. The zero-order chi connectivity index (χ0) is 24.7. The zero-order valence-corrected chi connectivity index (χ0v) is 21.9. The third-order valence-electron chi connectivity index (χ3n) is 9.82. The molecule has 4 heteroatoms. The monoisotopic (exact) mass is 472 g/mol. The molecular weight excluding hydrogens is 424 g/mol. The highest BCUT2D eigenvalue weighted by molar-refractivity contribution is 5.40. The Labute approximate surface area is 207 Å². The molecule has 1 saturated heterocycles. The summed E-state index contributed by atoms with van der Waals surface area (Å²) < 4.78 is 6.01. The highest BCUT2D eigenvalue weighted by Gasteiger charge is 2.50. The maximum Gasteiger partial charge on any atom is 0.0880 e. The molecule has 0 unspecified atom stereocenters. The molecule has 0 radical (unpaired) electrons. The number of fused-ring (bicyclic) bond motifs is 2. The van der Waals surface area contributed by atoms with Crippen LogP contribution in [0.4, 0.5) is 0 Å². The summed E-state index contributed by atoms with van der Waals surface area (Å²) in [5.74, 6) is 2.15. The first-order chi connectivity index (χ1) is 16.0. The fourth-order valence-corrected chi connectivity index (χ4v) is 7.95. The molecule has 1 heterocycles. The van der Waals surface area contributed by atoms with E-state index in [1.54, 1.807) is 5.57 Å². The summed E-state index contributed by atoms with van der Waals surface area (Å²) >= 11 is 0. The lowest BCUT2D eigenvalue weighted by Gasteiger charge is -2.44. The molecule has 0 spiro atoms. The SMILES string of the molecule is C=C1/C(=C\C=C2/CCC[C@]3(C)[C@@H]([C@H](C)CCCC(C)(C)O)CC[C@@H]23)C[C@@H](O)[C@@H]2C[C@@H](CO)O[C@H]12. The van der Waals surface area contributed by atoms with Crippen molar-refractivity contribution in [2.75, 3.05) is 6.61 Å². The number of aliphatic hydroxyl groups excluding tert-OH is 2. The lowest BCUT2D eigenvalue weighted by Crippen LogP contribution is -2.36. The van der Waals surface area contributed by atoms with Gasteiger partial charge < -0.3 is 20.1 Å². The Kier molecular flexibility index (Phi) is 7.84. The fourth-order valence-electron chi connectivity index (χ4n) is 7.95. The van der Waals surface area contributed by atoms with Crippen LogP contribution in [0.25, 0.3) is 0 Å². The van der Waals surface area contributed by atoms with Crippen LogP contribution in [0.1, 0.15) is 91.9 Å². The second kappa shape index (κ2) is 10.2. The Morgan fingerprint density at radius 2 is 2.03 bits per heavy atom. The number of ether oxygens (including phenoxy) is 1. The summed E-state index contributed by atoms with van der Waals surface area (Å²) in [4.78, 5) is 0. The van der Waals surface area contributed by atoms with Crippen molar-refractivity contribution < 1.29 is 20.1 Å². The number of aliphatic hydroxyl groups is 3. The molecule has 8 atom stereocenters. The summed E-state index contributed by atoms with van der Waals surface area (Å²) in [6.45, 7) is 13.2. The van der Waals surface area contributed by atoms with Gasteiger partial charge in [0, 0.05) is 5.92 Å². The number of hydrogen-bond acceptors (Lipinski definition) is 4. The molecule has 0 bridgehead atoms. The van der Waals surface area contributed by atoms with Gasteiger partial charge in [0.1, 0.15) is 0 Å². The van der Waals surface area contributed by atoms with Crippen LogP contribution in [0.15, 0.2) is 35.5 Å². The van der Waals surface area contributed by atoms with Gasteiger partial charge >= 0.3 is 0 Å². The van der Waals surface area contributed by atoms with Crippen molar-refractivity contribution in [2.45, 2.75) is 116 Å². The average molecular weight is 473 g/mol. The van der Waals surface area contributed by atoms with E-state index < -0.39 is 11.7 Å². The van der Waals surface area contributed by atoms with Gasteiger partial charge in [0.05, 0.1) is 30.5 Å². The predicted molar refractivity (Wildman–Crippen MR) is 137 cm³/mol. The predicted octanol–water partition coefficient (Wildman–Crippen LogP) is 5.72. The highest BCUT2D eigenvalue weighted by Crippen LogP contribution is 2.60. The van der Waals surface area contributed by atoms with Crippen LogP contribution in [-0.2, 0) is 4.74 Å². The molecule has 3 saturated carbocycles. The van der Waals surface area contributed by atoms with Crippen LogP contribution >= 0.6 is 0 Å². The van der Waals surface area contributed by atoms with Crippen molar-refractivity contribution in [3.63, 3.8) is 0 Å². The summed E-state index contributed by atoms with van der Waals surface area (Å²) in [6.07, 6.45) is 14.7. The Morgan fingerprint density at radius 1 is 1.26 bits per heavy atom. The first-order valence-corrected chi connectivity index (χ1v) is 13.8. The minimum absolute atomic E-state index is 0.00765. The minimum atomic E-state index is -0.560. The quantitative estimate of drug-likeness (QED) is 0.443. The van der Waals surface area contributed by atoms with Crippen LogP contribution in [0.3, 0.4) is 0 Å². The van der Waals surface area contributed by atoms with E-state index >= 15 is 0 Å². The first-order valence-electron chi connectivity index (χ1n) is 13.8. The van der Waals surface area contributed by atoms with Crippen LogP contribution in [0.5, 0.6) is 0 Å². The third-order valence-corrected chi connectivity index (χ3v) is 9.82. The van der Waals surface area contributed by atoms with Crippen molar-refractivity contribution in [1.29, 1.82) is 0 Å². The summed E-state index contributed by atoms with van der Waals surface area (Å²) in [5.41, 5.74) is 3.49. The lowest BCUT2D eigenvalue weighted by molar-refractivity contribution is 0.00172. The van der Waals surface area contributed by atoms with Crippen LogP contribution in [0.2, 0.25) is 0 Å². The van der Waals surface area contributed by atoms with Crippen molar-refractivity contribution in [3.8, 4) is 0 Å². The van der Waals surface area contributed by atoms with Gasteiger partial charge in [-0.1, -0.05) is 51.0 Å². The van der Waals surface area contributed by atoms with E-state index in [9.17, 15) is 15.3 Å². The Balaban J connectivity index is 1.45. The van der Waals surface area contributed by atoms with E-state index in [1.165, 1.54) is 38.5 Å². The standard InChI is InChI=1S/C30H48O4/c1-19(8-6-14-29(3,4)33)25-12-13-26-21(9-7-15-30(25,26)5)10-11-22-16-27(32)24-17-23(18-31)34-28(24)20(22)2/h10-11,19,23-28,31-33H,2,6-9,12-18H2,1,3-5H3/b21-10+,22-11-/t19-,23+,24+,25-,26+,27-,28-,30-/m1/s1. The molecule has 0 amide bonds. The number of hydrogen-bond donors (Lipinski definition) is 3. The van der Waals surface area contributed by atoms with Gasteiger partial charge in [-0.3, -0.25) is 0 Å². The molecule has 1 aliphatic heterocycles. The molecule has 3 aliphatic carbocycles. The topological polar surface area (TPSA) is 69.9 Å². The second-order valence-electron chi connectivity index (χ2n) is 12.8. The highest BCUT2D eigenvalue weighted by atomic mass is 16.5. The van der Waals surface area contributed by atoms with Gasteiger partial charge in [-0.2, -0.15) is 0 Å². The van der Waals surface area contributed by atoms with E-state index in [2.05, 4.69) is 32.6 Å². The van der Waals surface area contributed by atoms with Crippen LogP contribution < -0.4 is 0 Å². The minimum Gasteiger partial charge on any atom is -0.394 e. The molecule has 3 N–H and O–H groups in total. The molecule has 4 nitrogen and oxygen atoms in total. The van der Waals surface area contributed by atoms with Gasteiger partial charge in [0.15, 0.2) is 0 Å². The Bertz CT molecular complexity index is 805. The van der Waals surface area contributed by atoms with E-state index in [0.717, 1.165) is 29.9 Å². The third kappa shape index (κ3) is 5.26. The maximum atomic E-state index is 10.7. The molecule has 0 aromatic carbocycles. The number of rotatable bonds is 7. The second-order valence-corrected chi connectivity index (χ2v) is 12.8. The summed E-state index contributed by atoms with van der Waals surface area (Å²) in [5, 5.41) is 30.3. The van der Waals surface area contributed by atoms with E-state index in [0.29, 0.717) is 30.1 Å². The van der Waals surface area contributed by atoms with E-state index in [4.69, 9.17) is 4.74 Å². The van der Waals surface area contributed by atoms with Crippen LogP contribution in [0, 0.1) is 29.1 Å². The van der Waals surface area contributed by atoms with Gasteiger partial charge in [-0.15, -0.1) is 0 Å². The summed E-state index contributed by atoms with van der Waals surface area (Å²) in [7, 11) is 0. The normalized spacial score (nSPS) is 41.7. The van der Waals surface area contributed by atoms with Crippen molar-refractivity contribution in [1.82, 2.24) is 0 Å². The van der Waals surface area contributed by atoms with E-state index in [1.807, 2.05) is 13.8 Å². The van der Waals surface area contributed by atoms with Gasteiger partial charge in [0.2, 0.25) is 0 Å². The molecule has 4 fully saturated rings. The molecular formula is C30H48O4. The largest absolute Gasteiger partial charge is 0.394 e. The molecule has 4 aliphatic rings. The zero-order valence-electron chi connectivity index (χ0n) is 21.9. The Hall–Kier alpha value is -0.940. The maximum absolute atomic E-state index is 10.7. The average Bonchev–Trinajstić information content (AvgIpc) is 3.36. The van der Waals surface area contributed by atoms with Crippen molar-refractivity contribution in [3.05, 3.63) is 35.5 Å². The van der Waals surface area contributed by atoms with Gasteiger partial charge in [-0.05, 0) is 99.5 Å². The fraction of sp³-hybridized carbons (Fsp3) is 0.800. The molecule has 0 aromatic rings.